The largest absolute Gasteiger partial charge is 0.497 e. The van der Waals surface area contributed by atoms with Gasteiger partial charge in [-0.3, -0.25) is 9.78 Å². The van der Waals surface area contributed by atoms with Gasteiger partial charge in [-0.05, 0) is 18.2 Å². The molecule has 0 radical (unpaired) electrons. The van der Waals surface area contributed by atoms with Gasteiger partial charge in [0.05, 0.1) is 24.7 Å². The van der Waals surface area contributed by atoms with E-state index in [1.807, 2.05) is 18.2 Å². The van der Waals surface area contributed by atoms with Crippen LogP contribution in [-0.4, -0.2) is 23.2 Å². The topological polar surface area (TPSA) is 59.4 Å². The highest BCUT2D eigenvalue weighted by Crippen LogP contribution is 2.19. The van der Waals surface area contributed by atoms with Crippen molar-refractivity contribution in [1.29, 1.82) is 0 Å². The molecule has 82 valence electrons. The first-order chi connectivity index (χ1) is 7.69. The van der Waals surface area contributed by atoms with Gasteiger partial charge in [0.2, 0.25) is 0 Å². The summed E-state index contributed by atoms with van der Waals surface area (Å²) in [4.78, 5) is 14.8. The standard InChI is InChI=1S/C12H11NO3/c1-16-10-5-3-8-2-4-9(6-12(14)15)13-11(8)7-10/h2-5,7H,6H2,1H3,(H,14,15). The lowest BCUT2D eigenvalue weighted by Gasteiger charge is -2.03. The number of benzene rings is 1. The van der Waals surface area contributed by atoms with Crippen molar-refractivity contribution in [3.63, 3.8) is 0 Å². The molecule has 2 rings (SSSR count). The maximum Gasteiger partial charge on any atom is 0.309 e. The molecular weight excluding hydrogens is 206 g/mol. The van der Waals surface area contributed by atoms with E-state index in [1.54, 1.807) is 19.2 Å². The van der Waals surface area contributed by atoms with Gasteiger partial charge in [-0.2, -0.15) is 0 Å². The number of rotatable bonds is 3. The first-order valence-electron chi connectivity index (χ1n) is 4.84. The molecule has 1 aromatic heterocycles. The molecule has 0 aliphatic rings. The van der Waals surface area contributed by atoms with E-state index in [1.165, 1.54) is 0 Å². The van der Waals surface area contributed by atoms with Crippen LogP contribution < -0.4 is 4.74 Å². The van der Waals surface area contributed by atoms with Gasteiger partial charge in [-0.1, -0.05) is 6.07 Å². The first-order valence-corrected chi connectivity index (χ1v) is 4.84. The third-order valence-corrected chi connectivity index (χ3v) is 2.29. The molecule has 0 saturated heterocycles. The molecule has 4 nitrogen and oxygen atoms in total. The average Bonchev–Trinajstić information content (AvgIpc) is 2.27. The van der Waals surface area contributed by atoms with E-state index in [0.29, 0.717) is 11.4 Å². The van der Waals surface area contributed by atoms with Crippen molar-refractivity contribution in [1.82, 2.24) is 4.98 Å². The van der Waals surface area contributed by atoms with E-state index in [4.69, 9.17) is 9.84 Å². The van der Waals surface area contributed by atoms with Crippen LogP contribution in [0.2, 0.25) is 0 Å². The normalized spacial score (nSPS) is 10.3. The van der Waals surface area contributed by atoms with Crippen LogP contribution >= 0.6 is 0 Å². The Kier molecular flexibility index (Phi) is 2.72. The monoisotopic (exact) mass is 217 g/mol. The summed E-state index contributed by atoms with van der Waals surface area (Å²) in [6.45, 7) is 0. The quantitative estimate of drug-likeness (QED) is 0.852. The molecule has 2 aromatic rings. The Labute approximate surface area is 92.5 Å². The van der Waals surface area contributed by atoms with E-state index >= 15 is 0 Å². The number of fused-ring (bicyclic) bond motifs is 1. The van der Waals surface area contributed by atoms with E-state index in [0.717, 1.165) is 10.9 Å². The summed E-state index contributed by atoms with van der Waals surface area (Å²) in [5.41, 5.74) is 1.30. The number of pyridine rings is 1. The van der Waals surface area contributed by atoms with Gasteiger partial charge < -0.3 is 9.84 Å². The molecule has 0 saturated carbocycles. The van der Waals surface area contributed by atoms with Crippen molar-refractivity contribution in [2.75, 3.05) is 7.11 Å². The molecule has 1 N–H and O–H groups in total. The molecule has 0 fully saturated rings. The lowest BCUT2D eigenvalue weighted by atomic mass is 10.1. The SMILES string of the molecule is COc1ccc2ccc(CC(=O)O)nc2c1. The molecule has 0 bridgehead atoms. The summed E-state index contributed by atoms with van der Waals surface area (Å²) in [5, 5.41) is 9.64. The van der Waals surface area contributed by atoms with Crippen LogP contribution in [0.15, 0.2) is 30.3 Å². The van der Waals surface area contributed by atoms with Gasteiger partial charge in [-0.25, -0.2) is 0 Å². The lowest BCUT2D eigenvalue weighted by Crippen LogP contribution is -2.02. The zero-order chi connectivity index (χ0) is 11.5. The van der Waals surface area contributed by atoms with Gasteiger partial charge in [0.1, 0.15) is 5.75 Å². The number of carbonyl (C=O) groups is 1. The molecular formula is C12H11NO3. The summed E-state index contributed by atoms with van der Waals surface area (Å²) in [6, 6.07) is 9.12. The van der Waals surface area contributed by atoms with Gasteiger partial charge in [0.25, 0.3) is 0 Å². The Bertz CT molecular complexity index is 537. The third-order valence-electron chi connectivity index (χ3n) is 2.29. The fourth-order valence-electron chi connectivity index (χ4n) is 1.52. The highest BCUT2D eigenvalue weighted by molar-refractivity contribution is 5.81. The smallest absolute Gasteiger partial charge is 0.309 e. The second-order valence-corrected chi connectivity index (χ2v) is 3.43. The maximum absolute atomic E-state index is 10.6. The summed E-state index contributed by atoms with van der Waals surface area (Å²) < 4.78 is 5.09. The van der Waals surface area contributed by atoms with Gasteiger partial charge in [-0.15, -0.1) is 0 Å². The Balaban J connectivity index is 2.46. The first kappa shape index (κ1) is 10.4. The van der Waals surface area contributed by atoms with Crippen LogP contribution in [-0.2, 0) is 11.2 Å². The van der Waals surface area contributed by atoms with Gasteiger partial charge in [0, 0.05) is 11.5 Å². The summed E-state index contributed by atoms with van der Waals surface area (Å²) in [6.07, 6.45) is -0.0624. The molecule has 0 spiro atoms. The number of hydrogen-bond acceptors (Lipinski definition) is 3. The Morgan fingerprint density at radius 1 is 1.38 bits per heavy atom. The maximum atomic E-state index is 10.6. The highest BCUT2D eigenvalue weighted by atomic mass is 16.5. The van der Waals surface area contributed by atoms with E-state index in [2.05, 4.69) is 4.98 Å². The highest BCUT2D eigenvalue weighted by Gasteiger charge is 2.04. The molecule has 16 heavy (non-hydrogen) atoms. The molecule has 0 unspecified atom stereocenters. The van der Waals surface area contributed by atoms with Crippen LogP contribution in [0.25, 0.3) is 10.9 Å². The second kappa shape index (κ2) is 4.18. The van der Waals surface area contributed by atoms with E-state index < -0.39 is 5.97 Å². The number of nitrogens with zero attached hydrogens (tertiary/aromatic N) is 1. The minimum absolute atomic E-state index is 0.0624. The Morgan fingerprint density at radius 3 is 2.81 bits per heavy atom. The minimum Gasteiger partial charge on any atom is -0.497 e. The average molecular weight is 217 g/mol. The molecule has 1 heterocycles. The number of ether oxygens (including phenoxy) is 1. The number of carboxylic acid groups (broad SMARTS) is 1. The molecule has 0 amide bonds. The van der Waals surface area contributed by atoms with Gasteiger partial charge >= 0.3 is 5.97 Å². The summed E-state index contributed by atoms with van der Waals surface area (Å²) in [7, 11) is 1.59. The number of methoxy groups -OCH3 is 1. The van der Waals surface area contributed by atoms with Gasteiger partial charge in [0.15, 0.2) is 0 Å². The summed E-state index contributed by atoms with van der Waals surface area (Å²) >= 11 is 0. The number of aromatic nitrogens is 1. The molecule has 0 aliphatic carbocycles. The number of aliphatic carboxylic acids is 1. The van der Waals surface area contributed by atoms with Crippen molar-refractivity contribution < 1.29 is 14.6 Å². The fourth-order valence-corrected chi connectivity index (χ4v) is 1.52. The van der Waals surface area contributed by atoms with E-state index in [9.17, 15) is 4.79 Å². The summed E-state index contributed by atoms with van der Waals surface area (Å²) in [5.74, 6) is -0.165. The van der Waals surface area contributed by atoms with E-state index in [-0.39, 0.29) is 6.42 Å². The van der Waals surface area contributed by atoms with Crippen molar-refractivity contribution in [2.45, 2.75) is 6.42 Å². The second-order valence-electron chi connectivity index (χ2n) is 3.43. The molecule has 4 heteroatoms. The third kappa shape index (κ3) is 2.11. The van der Waals surface area contributed by atoms with Crippen LogP contribution in [0.3, 0.4) is 0 Å². The Morgan fingerprint density at radius 2 is 2.12 bits per heavy atom. The van der Waals surface area contributed by atoms with Crippen molar-refractivity contribution in [3.8, 4) is 5.75 Å². The van der Waals surface area contributed by atoms with Crippen molar-refractivity contribution in [3.05, 3.63) is 36.0 Å². The van der Waals surface area contributed by atoms with Crippen LogP contribution in [0.5, 0.6) is 5.75 Å². The molecule has 0 atom stereocenters. The zero-order valence-electron chi connectivity index (χ0n) is 8.80. The Hall–Kier alpha value is -2.10. The predicted octanol–water partition coefficient (Wildman–Crippen LogP) is 1.87. The van der Waals surface area contributed by atoms with Crippen molar-refractivity contribution in [2.24, 2.45) is 0 Å². The predicted molar refractivity (Wildman–Crippen MR) is 59.6 cm³/mol. The zero-order valence-corrected chi connectivity index (χ0v) is 8.80. The van der Waals surface area contributed by atoms with Crippen LogP contribution in [0.1, 0.15) is 5.69 Å². The van der Waals surface area contributed by atoms with Crippen LogP contribution in [0, 0.1) is 0 Å². The van der Waals surface area contributed by atoms with Crippen LogP contribution in [0.4, 0.5) is 0 Å². The molecule has 0 aliphatic heterocycles. The fraction of sp³-hybridized carbons (Fsp3) is 0.167. The number of hydrogen-bond donors (Lipinski definition) is 1. The van der Waals surface area contributed by atoms with Crippen molar-refractivity contribution >= 4 is 16.9 Å². The minimum atomic E-state index is -0.880. The lowest BCUT2D eigenvalue weighted by molar-refractivity contribution is -0.136. The number of carboxylic acids is 1. The molecule has 1 aromatic carbocycles.